The van der Waals surface area contributed by atoms with Crippen LogP contribution in [0.1, 0.15) is 35.0 Å². The fourth-order valence-electron chi connectivity index (χ4n) is 2.95. The number of H-pyrrole nitrogens is 2. The number of nitrogens with zero attached hydrogens (tertiary/aromatic N) is 2. The molecule has 1 unspecified atom stereocenters. The monoisotopic (exact) mass is 373 g/mol. The van der Waals surface area contributed by atoms with Crippen molar-refractivity contribution in [2.45, 2.75) is 33.2 Å². The van der Waals surface area contributed by atoms with E-state index in [-0.39, 0.29) is 17.6 Å². The van der Waals surface area contributed by atoms with Crippen molar-refractivity contribution in [3.8, 4) is 0 Å². The van der Waals surface area contributed by atoms with Gasteiger partial charge in [0.25, 0.3) is 0 Å². The lowest BCUT2D eigenvalue weighted by molar-refractivity contribution is -0.116. The molecule has 3 aromatic rings. The third-order valence-corrected chi connectivity index (χ3v) is 5.39. The highest BCUT2D eigenvalue weighted by Crippen LogP contribution is 2.26. The first-order valence-corrected chi connectivity index (χ1v) is 9.31. The predicted molar refractivity (Wildman–Crippen MR) is 105 cm³/mol. The fourth-order valence-corrected chi connectivity index (χ4v) is 3.85. The van der Waals surface area contributed by atoms with E-state index in [4.69, 9.17) is 0 Å². The Kier molecular flexibility index (Phi) is 5.24. The van der Waals surface area contributed by atoms with Crippen molar-refractivity contribution >= 4 is 34.0 Å². The average Bonchev–Trinajstić information content (AvgIpc) is 3.12. The number of amides is 1. The van der Waals surface area contributed by atoms with Gasteiger partial charge < -0.3 is 15.3 Å². The standard InChI is InChI=1S/C18H23N5O2S/c1-10(17-11(2)26-12(3)19-17)23(4)8-7-16(24)20-13-5-6-14-15(9-13)22-18(25)21-14/h5-6,9-10H,7-8H2,1-4H3,(H,20,24)(H2,21,22,25). The Morgan fingerprint density at radius 3 is 2.73 bits per heavy atom. The van der Waals surface area contributed by atoms with E-state index in [1.165, 1.54) is 4.88 Å². The maximum Gasteiger partial charge on any atom is 0.323 e. The Morgan fingerprint density at radius 2 is 2.04 bits per heavy atom. The van der Waals surface area contributed by atoms with E-state index in [1.807, 2.05) is 14.0 Å². The van der Waals surface area contributed by atoms with Gasteiger partial charge in [-0.15, -0.1) is 11.3 Å². The van der Waals surface area contributed by atoms with Gasteiger partial charge in [0.15, 0.2) is 0 Å². The molecule has 0 aliphatic rings. The number of hydrogen-bond acceptors (Lipinski definition) is 5. The molecule has 0 spiro atoms. The predicted octanol–water partition coefficient (Wildman–Crippen LogP) is 2.95. The van der Waals surface area contributed by atoms with Crippen LogP contribution in [0.5, 0.6) is 0 Å². The Balaban J connectivity index is 1.57. The molecule has 1 amide bonds. The lowest BCUT2D eigenvalue weighted by atomic mass is 10.2. The van der Waals surface area contributed by atoms with E-state index in [0.717, 1.165) is 16.2 Å². The largest absolute Gasteiger partial charge is 0.326 e. The Morgan fingerprint density at radius 1 is 1.31 bits per heavy atom. The quantitative estimate of drug-likeness (QED) is 0.619. The molecule has 0 aliphatic carbocycles. The molecule has 0 aliphatic heterocycles. The first-order chi connectivity index (χ1) is 12.3. The lowest BCUT2D eigenvalue weighted by Crippen LogP contribution is -2.27. The van der Waals surface area contributed by atoms with Crippen LogP contribution in [0.3, 0.4) is 0 Å². The van der Waals surface area contributed by atoms with Crippen molar-refractivity contribution in [1.82, 2.24) is 19.9 Å². The van der Waals surface area contributed by atoms with Crippen molar-refractivity contribution < 1.29 is 4.79 Å². The molecule has 0 radical (unpaired) electrons. The van der Waals surface area contributed by atoms with Gasteiger partial charge in [-0.2, -0.15) is 0 Å². The van der Waals surface area contributed by atoms with Crippen LogP contribution in [-0.4, -0.2) is 39.4 Å². The zero-order valence-corrected chi connectivity index (χ0v) is 16.2. The second-order valence-electron chi connectivity index (χ2n) is 6.47. The van der Waals surface area contributed by atoms with Crippen molar-refractivity contribution in [1.29, 1.82) is 0 Å². The van der Waals surface area contributed by atoms with E-state index in [1.54, 1.807) is 29.5 Å². The van der Waals surface area contributed by atoms with Gasteiger partial charge in [-0.3, -0.25) is 9.69 Å². The van der Waals surface area contributed by atoms with Crippen molar-refractivity contribution in [3.63, 3.8) is 0 Å². The molecule has 0 bridgehead atoms. The number of benzene rings is 1. The second kappa shape index (κ2) is 7.43. The summed E-state index contributed by atoms with van der Waals surface area (Å²) in [6.07, 6.45) is 0.380. The zero-order chi connectivity index (χ0) is 18.8. The summed E-state index contributed by atoms with van der Waals surface area (Å²) in [5.41, 5.74) is 2.88. The molecular weight excluding hydrogens is 350 g/mol. The topological polar surface area (TPSA) is 93.9 Å². The highest BCUT2D eigenvalue weighted by Gasteiger charge is 2.18. The number of carbonyl (C=O) groups is 1. The van der Waals surface area contributed by atoms with E-state index < -0.39 is 0 Å². The molecule has 1 atom stereocenters. The Hall–Kier alpha value is -2.45. The summed E-state index contributed by atoms with van der Waals surface area (Å²) in [7, 11) is 2.00. The van der Waals surface area contributed by atoms with Crippen LogP contribution in [0.4, 0.5) is 5.69 Å². The minimum absolute atomic E-state index is 0.0625. The van der Waals surface area contributed by atoms with Gasteiger partial charge in [-0.05, 0) is 46.0 Å². The zero-order valence-electron chi connectivity index (χ0n) is 15.3. The highest BCUT2D eigenvalue weighted by molar-refractivity contribution is 7.11. The van der Waals surface area contributed by atoms with Crippen LogP contribution in [0.15, 0.2) is 23.0 Å². The van der Waals surface area contributed by atoms with Gasteiger partial charge in [-0.1, -0.05) is 0 Å². The molecule has 0 saturated heterocycles. The number of imidazole rings is 1. The molecule has 138 valence electrons. The minimum atomic E-state index is -0.258. The molecule has 0 saturated carbocycles. The Bertz CT molecular complexity index is 987. The van der Waals surface area contributed by atoms with Crippen LogP contribution in [-0.2, 0) is 4.79 Å². The molecule has 7 nitrogen and oxygen atoms in total. The summed E-state index contributed by atoms with van der Waals surface area (Å²) in [5, 5.41) is 3.94. The van der Waals surface area contributed by atoms with E-state index in [2.05, 4.69) is 39.0 Å². The molecular formula is C18H23N5O2S. The number of anilines is 1. The van der Waals surface area contributed by atoms with E-state index in [9.17, 15) is 9.59 Å². The van der Waals surface area contributed by atoms with Gasteiger partial charge in [-0.25, -0.2) is 9.78 Å². The maximum atomic E-state index is 12.3. The first kappa shape index (κ1) is 18.3. The Labute approximate surface area is 155 Å². The molecule has 1 aromatic carbocycles. The number of nitrogens with one attached hydrogen (secondary N) is 3. The molecule has 2 heterocycles. The molecule has 0 fully saturated rings. The number of hydrogen-bond donors (Lipinski definition) is 3. The summed E-state index contributed by atoms with van der Waals surface area (Å²) in [6.45, 7) is 6.83. The summed E-state index contributed by atoms with van der Waals surface area (Å²) in [4.78, 5) is 36.9. The number of aromatic nitrogens is 3. The number of rotatable bonds is 6. The van der Waals surface area contributed by atoms with Crippen LogP contribution in [0.2, 0.25) is 0 Å². The molecule has 3 rings (SSSR count). The molecule has 26 heavy (non-hydrogen) atoms. The maximum absolute atomic E-state index is 12.3. The number of aryl methyl sites for hydroxylation is 2. The van der Waals surface area contributed by atoms with Crippen LogP contribution in [0, 0.1) is 13.8 Å². The van der Waals surface area contributed by atoms with Gasteiger partial charge >= 0.3 is 5.69 Å². The fraction of sp³-hybridized carbons (Fsp3) is 0.389. The minimum Gasteiger partial charge on any atom is -0.326 e. The lowest BCUT2D eigenvalue weighted by Gasteiger charge is -2.23. The summed E-state index contributed by atoms with van der Waals surface area (Å²) in [6, 6.07) is 5.45. The smallest absolute Gasteiger partial charge is 0.323 e. The van der Waals surface area contributed by atoms with Crippen LogP contribution >= 0.6 is 11.3 Å². The summed E-state index contributed by atoms with van der Waals surface area (Å²) < 4.78 is 0. The van der Waals surface area contributed by atoms with Crippen LogP contribution in [0.25, 0.3) is 11.0 Å². The molecule has 8 heteroatoms. The SMILES string of the molecule is Cc1nc(C(C)N(C)CCC(=O)Nc2ccc3[nH]c(=O)[nH]c3c2)c(C)s1. The second-order valence-corrected chi connectivity index (χ2v) is 7.88. The first-order valence-electron chi connectivity index (χ1n) is 8.49. The molecule has 3 N–H and O–H groups in total. The number of thiazole rings is 1. The van der Waals surface area contributed by atoms with Gasteiger partial charge in [0.05, 0.1) is 27.8 Å². The van der Waals surface area contributed by atoms with E-state index in [0.29, 0.717) is 24.2 Å². The van der Waals surface area contributed by atoms with E-state index >= 15 is 0 Å². The number of aromatic amines is 2. The highest BCUT2D eigenvalue weighted by atomic mass is 32.1. The summed E-state index contributed by atoms with van der Waals surface area (Å²) in [5.74, 6) is -0.0625. The van der Waals surface area contributed by atoms with Crippen molar-refractivity contribution in [2.24, 2.45) is 0 Å². The summed E-state index contributed by atoms with van der Waals surface area (Å²) >= 11 is 1.70. The average molecular weight is 373 g/mol. The third kappa shape index (κ3) is 4.03. The van der Waals surface area contributed by atoms with Gasteiger partial charge in [0, 0.05) is 23.5 Å². The molecule has 2 aromatic heterocycles. The number of carbonyl (C=O) groups excluding carboxylic acids is 1. The normalized spacial score (nSPS) is 12.7. The van der Waals surface area contributed by atoms with Gasteiger partial charge in [0.1, 0.15) is 0 Å². The van der Waals surface area contributed by atoms with Crippen molar-refractivity contribution in [3.05, 3.63) is 44.3 Å². The van der Waals surface area contributed by atoms with Crippen LogP contribution < -0.4 is 11.0 Å². The number of fused-ring (bicyclic) bond motifs is 1. The third-order valence-electron chi connectivity index (χ3n) is 4.49. The van der Waals surface area contributed by atoms with Gasteiger partial charge in [0.2, 0.25) is 5.91 Å². The van der Waals surface area contributed by atoms with Crippen molar-refractivity contribution in [2.75, 3.05) is 18.9 Å².